The highest BCUT2D eigenvalue weighted by Crippen LogP contribution is 2.29. The third-order valence-electron chi connectivity index (χ3n) is 2.08. The van der Waals surface area contributed by atoms with Gasteiger partial charge in [-0.2, -0.15) is 0 Å². The van der Waals surface area contributed by atoms with Crippen LogP contribution in [0.3, 0.4) is 0 Å². The number of hydrogen-bond donors (Lipinski definition) is 0. The van der Waals surface area contributed by atoms with Crippen molar-refractivity contribution in [3.05, 3.63) is 27.3 Å². The number of rotatable bonds is 4. The Morgan fingerprint density at radius 3 is 2.71 bits per heavy atom. The van der Waals surface area contributed by atoms with Gasteiger partial charge < -0.3 is 9.47 Å². The van der Waals surface area contributed by atoms with Crippen molar-refractivity contribution >= 4 is 22.6 Å². The molecule has 0 aromatic heterocycles. The Balaban J connectivity index is 3.00. The number of halogens is 1. The van der Waals surface area contributed by atoms with E-state index in [4.69, 9.17) is 9.47 Å². The minimum absolute atomic E-state index is 0.113. The molecule has 1 aromatic rings. The Morgan fingerprint density at radius 1 is 1.43 bits per heavy atom. The maximum absolute atomic E-state index is 5.51. The molecule has 1 rings (SSSR count). The Hall–Kier alpha value is -0.290. The van der Waals surface area contributed by atoms with Gasteiger partial charge in [-0.05, 0) is 48.1 Å². The highest BCUT2D eigenvalue weighted by molar-refractivity contribution is 14.1. The smallest absolute Gasteiger partial charge is 0.132 e. The molecule has 0 saturated carbocycles. The van der Waals surface area contributed by atoms with Gasteiger partial charge in [0.25, 0.3) is 0 Å². The van der Waals surface area contributed by atoms with E-state index < -0.39 is 0 Å². The molecule has 1 unspecified atom stereocenters. The molecule has 0 bridgehead atoms. The fraction of sp³-hybridized carbons (Fsp3) is 0.455. The second-order valence-electron chi connectivity index (χ2n) is 2.97. The summed E-state index contributed by atoms with van der Waals surface area (Å²) >= 11 is 2.30. The van der Waals surface area contributed by atoms with Crippen LogP contribution >= 0.6 is 22.6 Å². The molecule has 0 radical (unpaired) electrons. The summed E-state index contributed by atoms with van der Waals surface area (Å²) in [5.74, 6) is 0.939. The Labute approximate surface area is 98.7 Å². The van der Waals surface area contributed by atoms with Gasteiger partial charge in [-0.25, -0.2) is 0 Å². The van der Waals surface area contributed by atoms with E-state index in [1.54, 1.807) is 7.11 Å². The van der Waals surface area contributed by atoms with E-state index in [0.29, 0.717) is 6.61 Å². The summed E-state index contributed by atoms with van der Waals surface area (Å²) in [6.45, 7) is 4.72. The summed E-state index contributed by atoms with van der Waals surface area (Å²) in [5, 5.41) is 0. The monoisotopic (exact) mass is 306 g/mol. The first-order valence-electron chi connectivity index (χ1n) is 4.64. The molecule has 0 heterocycles. The molecule has 2 nitrogen and oxygen atoms in total. The summed E-state index contributed by atoms with van der Waals surface area (Å²) < 4.78 is 11.9. The van der Waals surface area contributed by atoms with Crippen LogP contribution in [-0.2, 0) is 4.74 Å². The van der Waals surface area contributed by atoms with Crippen LogP contribution in [0.5, 0.6) is 5.75 Å². The van der Waals surface area contributed by atoms with Crippen molar-refractivity contribution in [3.8, 4) is 5.75 Å². The third kappa shape index (κ3) is 2.60. The topological polar surface area (TPSA) is 18.5 Å². The van der Waals surface area contributed by atoms with Crippen LogP contribution in [0.2, 0.25) is 0 Å². The fourth-order valence-corrected chi connectivity index (χ4v) is 2.19. The zero-order chi connectivity index (χ0) is 10.6. The van der Waals surface area contributed by atoms with Gasteiger partial charge in [0.05, 0.1) is 16.3 Å². The number of methoxy groups -OCH3 is 1. The van der Waals surface area contributed by atoms with Crippen LogP contribution in [0, 0.1) is 3.57 Å². The lowest BCUT2D eigenvalue weighted by molar-refractivity contribution is 0.118. The van der Waals surface area contributed by atoms with Gasteiger partial charge in [0.15, 0.2) is 0 Å². The van der Waals surface area contributed by atoms with Gasteiger partial charge in [0.2, 0.25) is 0 Å². The Morgan fingerprint density at radius 2 is 2.14 bits per heavy atom. The molecule has 14 heavy (non-hydrogen) atoms. The van der Waals surface area contributed by atoms with Gasteiger partial charge in [0.1, 0.15) is 5.75 Å². The van der Waals surface area contributed by atoms with E-state index in [2.05, 4.69) is 28.7 Å². The minimum atomic E-state index is 0.113. The van der Waals surface area contributed by atoms with Crippen molar-refractivity contribution < 1.29 is 9.47 Å². The van der Waals surface area contributed by atoms with E-state index in [1.165, 1.54) is 5.56 Å². The van der Waals surface area contributed by atoms with Gasteiger partial charge in [0, 0.05) is 7.11 Å². The van der Waals surface area contributed by atoms with E-state index in [-0.39, 0.29) is 6.10 Å². The van der Waals surface area contributed by atoms with Crippen molar-refractivity contribution in [3.63, 3.8) is 0 Å². The van der Waals surface area contributed by atoms with Crippen LogP contribution in [0.4, 0.5) is 0 Å². The first kappa shape index (κ1) is 11.8. The van der Waals surface area contributed by atoms with Gasteiger partial charge >= 0.3 is 0 Å². The molecule has 0 N–H and O–H groups in total. The lowest BCUT2D eigenvalue weighted by Crippen LogP contribution is -2.01. The van der Waals surface area contributed by atoms with Crippen LogP contribution in [0.1, 0.15) is 25.5 Å². The van der Waals surface area contributed by atoms with Crippen LogP contribution in [0.25, 0.3) is 0 Å². The number of ether oxygens (including phenoxy) is 2. The summed E-state index contributed by atoms with van der Waals surface area (Å²) in [4.78, 5) is 0. The lowest BCUT2D eigenvalue weighted by Gasteiger charge is -2.14. The molecule has 0 aliphatic rings. The summed E-state index contributed by atoms with van der Waals surface area (Å²) in [5.41, 5.74) is 1.18. The largest absolute Gasteiger partial charge is 0.493 e. The van der Waals surface area contributed by atoms with Gasteiger partial charge in [-0.1, -0.05) is 12.1 Å². The molecule has 0 fully saturated rings. The standard InChI is InChI=1S/C11H15IO2/c1-4-14-10-7-5-6-9(11(10)12)8(2)13-3/h5-8H,4H2,1-3H3. The van der Waals surface area contributed by atoms with E-state index >= 15 is 0 Å². The Bertz CT molecular complexity index is 299. The quantitative estimate of drug-likeness (QED) is 0.794. The molecular formula is C11H15IO2. The zero-order valence-electron chi connectivity index (χ0n) is 8.71. The van der Waals surface area contributed by atoms with Crippen LogP contribution in [-0.4, -0.2) is 13.7 Å². The third-order valence-corrected chi connectivity index (χ3v) is 3.24. The first-order valence-corrected chi connectivity index (χ1v) is 5.72. The van der Waals surface area contributed by atoms with E-state index in [1.807, 2.05) is 26.0 Å². The van der Waals surface area contributed by atoms with E-state index in [9.17, 15) is 0 Å². The maximum Gasteiger partial charge on any atom is 0.132 e. The SMILES string of the molecule is CCOc1cccc(C(C)OC)c1I. The normalized spacial score (nSPS) is 12.6. The van der Waals surface area contributed by atoms with Crippen molar-refractivity contribution in [2.45, 2.75) is 20.0 Å². The minimum Gasteiger partial charge on any atom is -0.493 e. The molecule has 3 heteroatoms. The molecule has 1 atom stereocenters. The molecular weight excluding hydrogens is 291 g/mol. The van der Waals surface area contributed by atoms with Crippen molar-refractivity contribution in [1.29, 1.82) is 0 Å². The number of hydrogen-bond acceptors (Lipinski definition) is 2. The molecule has 0 spiro atoms. The molecule has 0 aliphatic heterocycles. The number of benzene rings is 1. The maximum atomic E-state index is 5.51. The molecule has 78 valence electrons. The van der Waals surface area contributed by atoms with Crippen molar-refractivity contribution in [2.75, 3.05) is 13.7 Å². The highest BCUT2D eigenvalue weighted by atomic mass is 127. The average molecular weight is 306 g/mol. The van der Waals surface area contributed by atoms with Gasteiger partial charge in [-0.3, -0.25) is 0 Å². The predicted molar refractivity (Wildman–Crippen MR) is 65.8 cm³/mol. The van der Waals surface area contributed by atoms with Crippen molar-refractivity contribution in [2.24, 2.45) is 0 Å². The van der Waals surface area contributed by atoms with E-state index in [0.717, 1.165) is 9.32 Å². The molecule has 0 amide bonds. The van der Waals surface area contributed by atoms with Gasteiger partial charge in [-0.15, -0.1) is 0 Å². The molecule has 1 aromatic carbocycles. The summed E-state index contributed by atoms with van der Waals surface area (Å²) in [7, 11) is 1.72. The molecule has 0 aliphatic carbocycles. The van der Waals surface area contributed by atoms with Crippen LogP contribution in [0.15, 0.2) is 18.2 Å². The predicted octanol–water partition coefficient (Wildman–Crippen LogP) is 3.40. The summed E-state index contributed by atoms with van der Waals surface area (Å²) in [6.07, 6.45) is 0.113. The molecule has 0 saturated heterocycles. The zero-order valence-corrected chi connectivity index (χ0v) is 10.9. The average Bonchev–Trinajstić information content (AvgIpc) is 2.20. The second-order valence-corrected chi connectivity index (χ2v) is 4.05. The van der Waals surface area contributed by atoms with Crippen LogP contribution < -0.4 is 4.74 Å². The Kier molecular flexibility index (Phi) is 4.68. The summed E-state index contributed by atoms with van der Waals surface area (Å²) in [6, 6.07) is 6.05. The lowest BCUT2D eigenvalue weighted by atomic mass is 10.1. The second kappa shape index (κ2) is 5.56. The fourth-order valence-electron chi connectivity index (χ4n) is 1.24. The first-order chi connectivity index (χ1) is 6.70. The van der Waals surface area contributed by atoms with Crippen molar-refractivity contribution in [1.82, 2.24) is 0 Å². The highest BCUT2D eigenvalue weighted by Gasteiger charge is 2.11.